The molecule has 0 amide bonds. The lowest BCUT2D eigenvalue weighted by molar-refractivity contribution is 0.172. The summed E-state index contributed by atoms with van der Waals surface area (Å²) in [6.07, 6.45) is 0. The zero-order chi connectivity index (χ0) is 21.3. The summed E-state index contributed by atoms with van der Waals surface area (Å²) in [6.45, 7) is 7.63. The van der Waals surface area contributed by atoms with Crippen molar-refractivity contribution in [2.24, 2.45) is 4.99 Å². The molecule has 31 heavy (non-hydrogen) atoms. The maximum Gasteiger partial charge on any atom is 0.194 e. The van der Waals surface area contributed by atoms with Gasteiger partial charge in [-0.25, -0.2) is 9.38 Å². The average molecular weight is 537 g/mol. The van der Waals surface area contributed by atoms with Crippen molar-refractivity contribution in [1.29, 1.82) is 5.26 Å². The average Bonchev–Trinajstić information content (AvgIpc) is 2.78. The lowest BCUT2D eigenvalue weighted by Crippen LogP contribution is -2.52. The van der Waals surface area contributed by atoms with Crippen LogP contribution >= 0.6 is 24.0 Å². The highest BCUT2D eigenvalue weighted by molar-refractivity contribution is 14.0. The third-order valence-corrected chi connectivity index (χ3v) is 5.12. The molecule has 1 N–H and O–H groups in total. The SMILES string of the molecule is CCNC(=NCc1ccc(C#N)cc1)N1CCN(Cc2ccc(OC)c(F)c2)CC1.I. The number of hydrogen-bond acceptors (Lipinski definition) is 4. The Morgan fingerprint density at radius 1 is 1.13 bits per heavy atom. The number of hydrogen-bond donors (Lipinski definition) is 1. The second-order valence-corrected chi connectivity index (χ2v) is 7.21. The monoisotopic (exact) mass is 537 g/mol. The van der Waals surface area contributed by atoms with E-state index in [2.05, 4.69) is 28.1 Å². The van der Waals surface area contributed by atoms with Crippen LogP contribution in [-0.4, -0.2) is 55.6 Å². The van der Waals surface area contributed by atoms with Crippen LogP contribution in [0.5, 0.6) is 5.75 Å². The van der Waals surface area contributed by atoms with Gasteiger partial charge in [0.05, 0.1) is 25.3 Å². The van der Waals surface area contributed by atoms with Gasteiger partial charge >= 0.3 is 0 Å². The Hall–Kier alpha value is -2.38. The van der Waals surface area contributed by atoms with E-state index in [1.807, 2.05) is 30.3 Å². The molecule has 166 valence electrons. The van der Waals surface area contributed by atoms with Crippen LogP contribution in [0.1, 0.15) is 23.6 Å². The first kappa shape index (κ1) is 24.9. The van der Waals surface area contributed by atoms with Crippen LogP contribution in [0, 0.1) is 17.1 Å². The predicted molar refractivity (Wildman–Crippen MR) is 131 cm³/mol. The van der Waals surface area contributed by atoms with Crippen LogP contribution in [-0.2, 0) is 13.1 Å². The maximum atomic E-state index is 13.9. The number of nitriles is 1. The van der Waals surface area contributed by atoms with Crippen LogP contribution in [0.3, 0.4) is 0 Å². The Morgan fingerprint density at radius 3 is 2.39 bits per heavy atom. The second kappa shape index (κ2) is 12.5. The Labute approximate surface area is 200 Å². The van der Waals surface area contributed by atoms with Crippen LogP contribution in [0.15, 0.2) is 47.5 Å². The van der Waals surface area contributed by atoms with Crippen LogP contribution in [0.2, 0.25) is 0 Å². The molecule has 1 fully saturated rings. The van der Waals surface area contributed by atoms with Crippen molar-refractivity contribution in [3.8, 4) is 11.8 Å². The summed E-state index contributed by atoms with van der Waals surface area (Å²) in [6, 6.07) is 14.8. The molecule has 3 rings (SSSR count). The van der Waals surface area contributed by atoms with Gasteiger partial charge in [-0.05, 0) is 42.3 Å². The molecule has 0 aromatic heterocycles. The van der Waals surface area contributed by atoms with Gasteiger partial charge in [0.2, 0.25) is 0 Å². The van der Waals surface area contributed by atoms with Crippen molar-refractivity contribution in [3.05, 3.63) is 65.0 Å². The zero-order valence-corrected chi connectivity index (χ0v) is 20.3. The van der Waals surface area contributed by atoms with E-state index in [9.17, 15) is 4.39 Å². The molecule has 1 aliphatic heterocycles. The fourth-order valence-electron chi connectivity index (χ4n) is 3.46. The Kier molecular flexibility index (Phi) is 10.0. The van der Waals surface area contributed by atoms with Crippen LogP contribution in [0.4, 0.5) is 4.39 Å². The van der Waals surface area contributed by atoms with Crippen LogP contribution in [0.25, 0.3) is 0 Å². The molecule has 2 aromatic rings. The fraction of sp³-hybridized carbons (Fsp3) is 0.391. The standard InChI is InChI=1S/C23H28FN5O.HI/c1-3-26-23(27-16-19-6-4-18(15-25)5-7-19)29-12-10-28(11-13-29)17-20-8-9-22(30-2)21(24)14-20;/h4-9,14H,3,10-13,16-17H2,1-2H3,(H,26,27);1H. The highest BCUT2D eigenvalue weighted by Gasteiger charge is 2.20. The summed E-state index contributed by atoms with van der Waals surface area (Å²) < 4.78 is 18.9. The van der Waals surface area contributed by atoms with Crippen molar-refractivity contribution in [2.75, 3.05) is 39.8 Å². The molecule has 1 aliphatic rings. The van der Waals surface area contributed by atoms with E-state index in [1.54, 1.807) is 12.1 Å². The molecule has 2 aromatic carbocycles. The third kappa shape index (κ3) is 7.08. The molecule has 0 bridgehead atoms. The Balaban J connectivity index is 0.00000341. The highest BCUT2D eigenvalue weighted by atomic mass is 127. The van der Waals surface area contributed by atoms with E-state index in [0.29, 0.717) is 18.7 Å². The first-order valence-electron chi connectivity index (χ1n) is 10.2. The first-order valence-corrected chi connectivity index (χ1v) is 10.2. The Bertz CT molecular complexity index is 905. The quantitative estimate of drug-likeness (QED) is 0.347. The van der Waals surface area contributed by atoms with Crippen molar-refractivity contribution >= 4 is 29.9 Å². The zero-order valence-electron chi connectivity index (χ0n) is 18.0. The second-order valence-electron chi connectivity index (χ2n) is 7.21. The van der Waals surface area contributed by atoms with Gasteiger partial charge in [0.15, 0.2) is 17.5 Å². The largest absolute Gasteiger partial charge is 0.494 e. The number of aliphatic imine (C=N–C) groups is 1. The number of halogens is 2. The smallest absolute Gasteiger partial charge is 0.194 e. The van der Waals surface area contributed by atoms with E-state index in [4.69, 9.17) is 15.0 Å². The molecule has 0 saturated carbocycles. The number of benzene rings is 2. The maximum absolute atomic E-state index is 13.9. The van der Waals surface area contributed by atoms with E-state index in [0.717, 1.165) is 49.8 Å². The minimum absolute atomic E-state index is 0. The molecule has 0 unspecified atom stereocenters. The third-order valence-electron chi connectivity index (χ3n) is 5.12. The number of piperazine rings is 1. The molecule has 8 heteroatoms. The fourth-order valence-corrected chi connectivity index (χ4v) is 3.46. The van der Waals surface area contributed by atoms with Gasteiger partial charge in [0.1, 0.15) is 0 Å². The molecule has 6 nitrogen and oxygen atoms in total. The molecular formula is C23H29FIN5O. The first-order chi connectivity index (χ1) is 14.6. The molecule has 0 aliphatic carbocycles. The van der Waals surface area contributed by atoms with Crippen molar-refractivity contribution in [1.82, 2.24) is 15.1 Å². The summed E-state index contributed by atoms with van der Waals surface area (Å²) >= 11 is 0. The number of guanidine groups is 1. The molecule has 0 radical (unpaired) electrons. The normalized spacial score (nSPS) is 14.5. The number of nitrogens with one attached hydrogen (secondary N) is 1. The van der Waals surface area contributed by atoms with E-state index in [-0.39, 0.29) is 35.5 Å². The highest BCUT2D eigenvalue weighted by Crippen LogP contribution is 2.19. The molecule has 1 saturated heterocycles. The van der Waals surface area contributed by atoms with E-state index >= 15 is 0 Å². The van der Waals surface area contributed by atoms with Gasteiger partial charge in [-0.1, -0.05) is 18.2 Å². The summed E-state index contributed by atoms with van der Waals surface area (Å²) in [4.78, 5) is 9.35. The van der Waals surface area contributed by atoms with Crippen molar-refractivity contribution in [3.63, 3.8) is 0 Å². The van der Waals surface area contributed by atoms with Gasteiger partial charge in [-0.3, -0.25) is 4.90 Å². The van der Waals surface area contributed by atoms with Gasteiger partial charge in [0.25, 0.3) is 0 Å². The summed E-state index contributed by atoms with van der Waals surface area (Å²) in [5.41, 5.74) is 2.68. The summed E-state index contributed by atoms with van der Waals surface area (Å²) in [7, 11) is 1.47. The number of nitrogens with zero attached hydrogens (tertiary/aromatic N) is 4. The molecule has 0 atom stereocenters. The Morgan fingerprint density at radius 2 is 1.81 bits per heavy atom. The lowest BCUT2D eigenvalue weighted by Gasteiger charge is -2.36. The lowest BCUT2D eigenvalue weighted by atomic mass is 10.1. The number of methoxy groups -OCH3 is 1. The number of ether oxygens (including phenoxy) is 1. The minimum Gasteiger partial charge on any atom is -0.494 e. The van der Waals surface area contributed by atoms with Crippen LogP contribution < -0.4 is 10.1 Å². The summed E-state index contributed by atoms with van der Waals surface area (Å²) in [5, 5.41) is 12.3. The minimum atomic E-state index is -0.321. The van der Waals surface area contributed by atoms with E-state index in [1.165, 1.54) is 7.11 Å². The van der Waals surface area contributed by atoms with Gasteiger partial charge < -0.3 is 15.0 Å². The molecule has 1 heterocycles. The van der Waals surface area contributed by atoms with Gasteiger partial charge in [0, 0.05) is 39.3 Å². The summed E-state index contributed by atoms with van der Waals surface area (Å²) in [5.74, 6) is 0.854. The van der Waals surface area contributed by atoms with Crippen molar-refractivity contribution < 1.29 is 9.13 Å². The predicted octanol–water partition coefficient (Wildman–Crippen LogP) is 3.61. The number of rotatable bonds is 6. The van der Waals surface area contributed by atoms with Crippen molar-refractivity contribution in [2.45, 2.75) is 20.0 Å². The topological polar surface area (TPSA) is 63.9 Å². The molecular weight excluding hydrogens is 508 g/mol. The van der Waals surface area contributed by atoms with Gasteiger partial charge in [-0.2, -0.15) is 5.26 Å². The van der Waals surface area contributed by atoms with E-state index < -0.39 is 0 Å². The molecule has 0 spiro atoms. The van der Waals surface area contributed by atoms with Gasteiger partial charge in [-0.15, -0.1) is 24.0 Å².